The van der Waals surface area contributed by atoms with E-state index in [2.05, 4.69) is 10.6 Å². The summed E-state index contributed by atoms with van der Waals surface area (Å²) in [4.78, 5) is 35.7. The molecule has 1 aliphatic rings. The SMILES string of the molecule is COc1cccc(C(=O)NCC(=O)OCC(=O)NC[C@H]2COc3ccccc3O2)c1. The molecule has 3 rings (SSSR count). The molecule has 0 unspecified atom stereocenters. The predicted molar refractivity (Wildman–Crippen MR) is 106 cm³/mol. The average Bonchev–Trinajstić information content (AvgIpc) is 2.79. The smallest absolute Gasteiger partial charge is 0.325 e. The summed E-state index contributed by atoms with van der Waals surface area (Å²) in [6, 6.07) is 13.8. The molecule has 2 N–H and O–H groups in total. The lowest BCUT2D eigenvalue weighted by Crippen LogP contribution is -2.42. The van der Waals surface area contributed by atoms with Crippen LogP contribution in [-0.4, -0.2) is 57.3 Å². The Hall–Kier alpha value is -3.75. The number of amides is 2. The Balaban J connectivity index is 1.33. The third-order valence-electron chi connectivity index (χ3n) is 4.18. The first-order valence-electron chi connectivity index (χ1n) is 9.28. The summed E-state index contributed by atoms with van der Waals surface area (Å²) in [6.07, 6.45) is -0.346. The highest BCUT2D eigenvalue weighted by Crippen LogP contribution is 2.30. The third-order valence-corrected chi connectivity index (χ3v) is 4.18. The van der Waals surface area contributed by atoms with E-state index in [-0.39, 0.29) is 19.2 Å². The van der Waals surface area contributed by atoms with Crippen LogP contribution in [0.15, 0.2) is 48.5 Å². The second-order valence-electron chi connectivity index (χ2n) is 6.38. The largest absolute Gasteiger partial charge is 0.497 e. The first-order valence-corrected chi connectivity index (χ1v) is 9.28. The number of carbonyl (C=O) groups excluding carboxylic acids is 3. The molecular weight excluding hydrogens is 392 g/mol. The van der Waals surface area contributed by atoms with Crippen LogP contribution < -0.4 is 24.8 Å². The lowest BCUT2D eigenvalue weighted by Gasteiger charge is -2.26. The van der Waals surface area contributed by atoms with Crippen molar-refractivity contribution in [1.82, 2.24) is 10.6 Å². The van der Waals surface area contributed by atoms with E-state index >= 15 is 0 Å². The Kier molecular flexibility index (Phi) is 7.09. The maximum Gasteiger partial charge on any atom is 0.325 e. The van der Waals surface area contributed by atoms with Gasteiger partial charge in [0.25, 0.3) is 11.8 Å². The van der Waals surface area contributed by atoms with Crippen LogP contribution in [0.1, 0.15) is 10.4 Å². The van der Waals surface area contributed by atoms with Gasteiger partial charge in [0.1, 0.15) is 25.0 Å². The number of ether oxygens (including phenoxy) is 4. The molecule has 9 heteroatoms. The number of benzene rings is 2. The summed E-state index contributed by atoms with van der Waals surface area (Å²) in [5.41, 5.74) is 0.344. The van der Waals surface area contributed by atoms with Crippen molar-refractivity contribution in [3.63, 3.8) is 0 Å². The fourth-order valence-corrected chi connectivity index (χ4v) is 2.66. The van der Waals surface area contributed by atoms with Crippen LogP contribution in [0.5, 0.6) is 17.2 Å². The molecular formula is C21H22N2O7. The molecule has 1 heterocycles. The molecule has 9 nitrogen and oxygen atoms in total. The molecule has 0 saturated carbocycles. The van der Waals surface area contributed by atoms with Gasteiger partial charge in [-0.2, -0.15) is 0 Å². The highest BCUT2D eigenvalue weighted by atomic mass is 16.6. The Morgan fingerprint density at radius 1 is 1.07 bits per heavy atom. The minimum absolute atomic E-state index is 0.206. The highest BCUT2D eigenvalue weighted by Gasteiger charge is 2.21. The number of hydrogen-bond acceptors (Lipinski definition) is 7. The van der Waals surface area contributed by atoms with E-state index in [1.165, 1.54) is 7.11 Å². The van der Waals surface area contributed by atoms with Gasteiger partial charge >= 0.3 is 5.97 Å². The Morgan fingerprint density at radius 2 is 1.87 bits per heavy atom. The molecule has 0 spiro atoms. The van der Waals surface area contributed by atoms with Crippen molar-refractivity contribution < 1.29 is 33.3 Å². The van der Waals surface area contributed by atoms with E-state index in [9.17, 15) is 14.4 Å². The van der Waals surface area contributed by atoms with Gasteiger partial charge in [0.05, 0.1) is 13.7 Å². The second-order valence-corrected chi connectivity index (χ2v) is 6.38. The van der Waals surface area contributed by atoms with Gasteiger partial charge in [-0.3, -0.25) is 14.4 Å². The van der Waals surface area contributed by atoms with E-state index in [0.29, 0.717) is 29.4 Å². The molecule has 0 radical (unpaired) electrons. The Morgan fingerprint density at radius 3 is 2.67 bits per heavy atom. The molecule has 0 bridgehead atoms. The molecule has 0 saturated heterocycles. The van der Waals surface area contributed by atoms with E-state index in [4.69, 9.17) is 18.9 Å². The summed E-state index contributed by atoms with van der Waals surface area (Å²) in [5.74, 6) is 0.131. The van der Waals surface area contributed by atoms with Crippen LogP contribution >= 0.6 is 0 Å². The number of para-hydroxylation sites is 2. The van der Waals surface area contributed by atoms with Gasteiger partial charge in [-0.15, -0.1) is 0 Å². The molecule has 0 aromatic heterocycles. The minimum Gasteiger partial charge on any atom is -0.497 e. The molecule has 2 aromatic carbocycles. The topological polar surface area (TPSA) is 112 Å². The van der Waals surface area contributed by atoms with Crippen LogP contribution in [0.4, 0.5) is 0 Å². The molecule has 2 aromatic rings. The van der Waals surface area contributed by atoms with Crippen LogP contribution in [0.3, 0.4) is 0 Å². The van der Waals surface area contributed by atoms with Crippen molar-refractivity contribution >= 4 is 17.8 Å². The lowest BCUT2D eigenvalue weighted by molar-refractivity contribution is -0.147. The van der Waals surface area contributed by atoms with Gasteiger partial charge in [0.2, 0.25) is 0 Å². The third kappa shape index (κ3) is 5.87. The van der Waals surface area contributed by atoms with Crippen molar-refractivity contribution in [3.05, 3.63) is 54.1 Å². The summed E-state index contributed by atoms with van der Waals surface area (Å²) < 4.78 is 21.2. The molecule has 1 aliphatic heterocycles. The van der Waals surface area contributed by atoms with Crippen molar-refractivity contribution in [1.29, 1.82) is 0 Å². The molecule has 2 amide bonds. The number of methoxy groups -OCH3 is 1. The monoisotopic (exact) mass is 414 g/mol. The van der Waals surface area contributed by atoms with Crippen LogP contribution in [0.2, 0.25) is 0 Å². The first kappa shape index (κ1) is 21.0. The average molecular weight is 414 g/mol. The Labute approximate surface area is 173 Å². The Bertz CT molecular complexity index is 916. The van der Waals surface area contributed by atoms with Gasteiger partial charge in [-0.25, -0.2) is 0 Å². The van der Waals surface area contributed by atoms with Crippen LogP contribution in [-0.2, 0) is 14.3 Å². The summed E-state index contributed by atoms with van der Waals surface area (Å²) in [7, 11) is 1.49. The molecule has 0 aliphatic carbocycles. The summed E-state index contributed by atoms with van der Waals surface area (Å²) >= 11 is 0. The number of fused-ring (bicyclic) bond motifs is 1. The van der Waals surface area contributed by atoms with E-state index in [1.807, 2.05) is 12.1 Å². The minimum atomic E-state index is -0.729. The summed E-state index contributed by atoms with van der Waals surface area (Å²) in [5, 5.41) is 5.05. The molecule has 1 atom stereocenters. The van der Waals surface area contributed by atoms with Gasteiger partial charge < -0.3 is 29.6 Å². The number of esters is 1. The van der Waals surface area contributed by atoms with Crippen molar-refractivity contribution in [2.75, 3.05) is 33.4 Å². The molecule has 30 heavy (non-hydrogen) atoms. The zero-order valence-corrected chi connectivity index (χ0v) is 16.4. The van der Waals surface area contributed by atoms with E-state index < -0.39 is 24.4 Å². The predicted octanol–water partition coefficient (Wildman–Crippen LogP) is 0.924. The van der Waals surface area contributed by atoms with Crippen LogP contribution in [0, 0.1) is 0 Å². The lowest BCUT2D eigenvalue weighted by atomic mass is 10.2. The normalized spacial score (nSPS) is 14.4. The van der Waals surface area contributed by atoms with Gasteiger partial charge in [0.15, 0.2) is 18.1 Å². The zero-order valence-electron chi connectivity index (χ0n) is 16.4. The van der Waals surface area contributed by atoms with Gasteiger partial charge in [-0.05, 0) is 30.3 Å². The molecule has 0 fully saturated rings. The van der Waals surface area contributed by atoms with E-state index in [1.54, 1.807) is 36.4 Å². The van der Waals surface area contributed by atoms with Crippen molar-refractivity contribution in [2.45, 2.75) is 6.10 Å². The summed E-state index contributed by atoms with van der Waals surface area (Å²) in [6.45, 7) is -0.317. The standard InChI is InChI=1S/C21H22N2O7/c1-27-15-6-4-5-14(9-15)21(26)23-11-20(25)29-13-19(24)22-10-16-12-28-17-7-2-3-8-18(17)30-16/h2-9,16H,10-13H2,1H3,(H,22,24)(H,23,26)/t16-/m0/s1. The van der Waals surface area contributed by atoms with Crippen molar-refractivity contribution in [2.24, 2.45) is 0 Å². The van der Waals surface area contributed by atoms with Crippen LogP contribution in [0.25, 0.3) is 0 Å². The second kappa shape index (κ2) is 10.1. The highest BCUT2D eigenvalue weighted by molar-refractivity contribution is 5.96. The maximum atomic E-state index is 12.0. The molecule has 158 valence electrons. The number of carbonyl (C=O) groups is 3. The van der Waals surface area contributed by atoms with Gasteiger partial charge in [0, 0.05) is 5.56 Å². The first-order chi connectivity index (χ1) is 14.5. The van der Waals surface area contributed by atoms with Crippen molar-refractivity contribution in [3.8, 4) is 17.2 Å². The quantitative estimate of drug-likeness (QED) is 0.618. The van der Waals surface area contributed by atoms with Gasteiger partial charge in [-0.1, -0.05) is 18.2 Å². The fourth-order valence-electron chi connectivity index (χ4n) is 2.66. The fraction of sp³-hybridized carbons (Fsp3) is 0.286. The van der Waals surface area contributed by atoms with E-state index in [0.717, 1.165) is 0 Å². The number of nitrogens with one attached hydrogen (secondary N) is 2. The number of rotatable bonds is 8. The number of hydrogen-bond donors (Lipinski definition) is 2. The zero-order chi connectivity index (χ0) is 21.3. The maximum absolute atomic E-state index is 12.0.